The summed E-state index contributed by atoms with van der Waals surface area (Å²) in [6, 6.07) is -1.08. The molecule has 15 atom stereocenters. The second-order valence-corrected chi connectivity index (χ2v) is 41.1. The van der Waals surface area contributed by atoms with E-state index in [1.165, 1.54) is 10.5 Å². The van der Waals surface area contributed by atoms with Gasteiger partial charge in [0, 0.05) is 45.6 Å². The number of hydrogen-bond donors (Lipinski definition) is 1. The monoisotopic (exact) mass is 1150 g/mol. The molecule has 0 spiro atoms. The van der Waals surface area contributed by atoms with Gasteiger partial charge in [-0.2, -0.15) is 0 Å². The van der Waals surface area contributed by atoms with Crippen molar-refractivity contribution in [2.75, 3.05) is 27.9 Å². The summed E-state index contributed by atoms with van der Waals surface area (Å²) >= 11 is 0. The normalized spacial score (nSPS) is 37.3. The number of ether oxygens (including phenoxy) is 5. The third-order valence-electron chi connectivity index (χ3n) is 19.5. The van der Waals surface area contributed by atoms with E-state index in [1.807, 2.05) is 0 Å². The molecule has 450 valence electrons. The molecule has 78 heavy (non-hydrogen) atoms. The van der Waals surface area contributed by atoms with Crippen LogP contribution in [0.4, 0.5) is 0 Å². The van der Waals surface area contributed by atoms with Crippen molar-refractivity contribution >= 4 is 43.1 Å². The van der Waals surface area contributed by atoms with Crippen LogP contribution in [0, 0.1) is 29.6 Å². The fourth-order valence-corrected chi connectivity index (χ4v) is 26.4. The molecule has 14 nitrogen and oxygen atoms in total. The number of carbonyl (C=O) groups excluding carboxylic acids is 3. The molecule has 0 aromatic rings. The summed E-state index contributed by atoms with van der Waals surface area (Å²) < 4.78 is 62.7. The van der Waals surface area contributed by atoms with Crippen molar-refractivity contribution in [3.05, 3.63) is 23.3 Å². The van der Waals surface area contributed by atoms with E-state index in [4.69, 9.17) is 41.1 Å². The molecule has 4 heterocycles. The van der Waals surface area contributed by atoms with E-state index in [0.717, 1.165) is 37.7 Å². The van der Waals surface area contributed by atoms with E-state index in [1.54, 1.807) is 28.3 Å². The molecule has 1 amide bonds. The van der Waals surface area contributed by atoms with Crippen molar-refractivity contribution in [1.82, 2.24) is 4.90 Å². The number of nitrogens with zero attached hydrogens (tertiary/aromatic N) is 1. The summed E-state index contributed by atoms with van der Waals surface area (Å²) in [7, 11) is -3.36. The van der Waals surface area contributed by atoms with Gasteiger partial charge in [0.2, 0.25) is 5.79 Å². The molecule has 17 heteroatoms. The van der Waals surface area contributed by atoms with Gasteiger partial charge in [-0.1, -0.05) is 122 Å². The Balaban J connectivity index is 1.73. The summed E-state index contributed by atoms with van der Waals surface area (Å²) in [5.41, 5.74) is 2.48. The van der Waals surface area contributed by atoms with Crippen molar-refractivity contribution in [3.8, 4) is 0 Å². The number of cyclic esters (lactones) is 1. The van der Waals surface area contributed by atoms with Crippen LogP contribution in [0.3, 0.4) is 0 Å². The van der Waals surface area contributed by atoms with Crippen LogP contribution in [0.1, 0.15) is 188 Å². The van der Waals surface area contributed by atoms with Crippen LogP contribution in [-0.2, 0) is 55.5 Å². The van der Waals surface area contributed by atoms with Crippen LogP contribution < -0.4 is 0 Å². The highest BCUT2D eigenvalue weighted by molar-refractivity contribution is 6.84. The molecule has 1 saturated carbocycles. The number of fused-ring (bicyclic) bond motifs is 5. The zero-order chi connectivity index (χ0) is 58.6. The predicted molar refractivity (Wildman–Crippen MR) is 316 cm³/mol. The first-order valence-electron chi connectivity index (χ1n) is 30.4. The molecule has 1 unspecified atom stereocenters. The van der Waals surface area contributed by atoms with Gasteiger partial charge in [-0.05, 0) is 142 Å². The van der Waals surface area contributed by atoms with E-state index in [9.17, 15) is 14.7 Å². The van der Waals surface area contributed by atoms with E-state index in [0.29, 0.717) is 32.1 Å². The fraction of sp³-hybridized carbons (Fsp3) is 0.885. The van der Waals surface area contributed by atoms with Gasteiger partial charge in [0.25, 0.3) is 11.7 Å². The molecule has 5 aliphatic rings. The Kier molecular flexibility index (Phi) is 23.6. The largest absolute Gasteiger partial charge is 0.456 e. The van der Waals surface area contributed by atoms with Crippen LogP contribution in [0.15, 0.2) is 23.3 Å². The molecular formula is C61H111NO13Si3. The van der Waals surface area contributed by atoms with Crippen LogP contribution in [0.25, 0.3) is 0 Å². The minimum Gasteiger partial charge on any atom is -0.456 e. The lowest BCUT2D eigenvalue weighted by atomic mass is 9.81. The number of rotatable bonds is 12. The van der Waals surface area contributed by atoms with Gasteiger partial charge >= 0.3 is 23.1 Å². The van der Waals surface area contributed by atoms with Crippen LogP contribution >= 0.6 is 0 Å². The summed E-state index contributed by atoms with van der Waals surface area (Å²) in [5.74, 6) is -6.16. The predicted octanol–water partition coefficient (Wildman–Crippen LogP) is 12.9. The van der Waals surface area contributed by atoms with Gasteiger partial charge in [-0.25, -0.2) is 4.79 Å². The first-order valence-corrected chi connectivity index (χ1v) is 37.3. The van der Waals surface area contributed by atoms with Crippen LogP contribution in [-0.4, -0.2) is 142 Å². The van der Waals surface area contributed by atoms with Crippen molar-refractivity contribution in [1.29, 1.82) is 0 Å². The Morgan fingerprint density at radius 1 is 0.808 bits per heavy atom. The molecule has 3 saturated heterocycles. The Morgan fingerprint density at radius 3 is 1.91 bits per heavy atom. The van der Waals surface area contributed by atoms with Crippen molar-refractivity contribution in [2.45, 2.75) is 289 Å². The number of aliphatic hydroxyl groups is 1. The van der Waals surface area contributed by atoms with E-state index in [2.05, 4.69) is 136 Å². The van der Waals surface area contributed by atoms with Gasteiger partial charge in [0.15, 0.2) is 8.32 Å². The fourth-order valence-electron chi connectivity index (χ4n) is 13.6. The molecule has 4 fully saturated rings. The lowest BCUT2D eigenvalue weighted by molar-refractivity contribution is -0.302. The number of hydrogen-bond acceptors (Lipinski definition) is 13. The van der Waals surface area contributed by atoms with E-state index < -0.39 is 97.3 Å². The summed E-state index contributed by atoms with van der Waals surface area (Å²) in [6.45, 7) is 42.1. The molecule has 0 radical (unpaired) electrons. The summed E-state index contributed by atoms with van der Waals surface area (Å²) in [5, 5.41) is 12.5. The second kappa shape index (κ2) is 27.4. The van der Waals surface area contributed by atoms with Crippen molar-refractivity contribution in [2.24, 2.45) is 29.6 Å². The molecule has 0 aromatic heterocycles. The van der Waals surface area contributed by atoms with Gasteiger partial charge in [-0.15, -0.1) is 0 Å². The van der Waals surface area contributed by atoms with Gasteiger partial charge in [0.1, 0.15) is 18.2 Å². The summed E-state index contributed by atoms with van der Waals surface area (Å²) in [4.78, 5) is 46.4. The quantitative estimate of drug-likeness (QED) is 0.0853. The SMILES string of the molecule is CC[C@@H]1/C=C(\C)C[C@H](C)CC(OC)[C@H]2O[C@@](O)(C(=O)C(=O)N3CCCC[C@H]3C(=O)O[C@H](/C(C)=C/[C@@H]3CC[C@@H](O[Si](C)(C)C(C)(C)C)[C@H](OC)C3)[C@H](C)[C@@H]3C[C@@H]1O[Si](C(C)C)(C(C)C)O[Si](C(C)C)(C(C)C)O3)[C@H](C)C[C@@H]2OC. The Hall–Kier alpha value is -1.62. The van der Waals surface area contributed by atoms with Gasteiger partial charge in [0.05, 0.1) is 36.6 Å². The lowest BCUT2D eigenvalue weighted by Crippen LogP contribution is -2.66. The second-order valence-electron chi connectivity index (χ2n) is 27.5. The molecule has 0 aromatic carbocycles. The summed E-state index contributed by atoms with van der Waals surface area (Å²) in [6.07, 6.45) is 7.93. The van der Waals surface area contributed by atoms with Crippen LogP contribution in [0.5, 0.6) is 0 Å². The topological polar surface area (TPSA) is 158 Å². The number of allylic oxidation sites excluding steroid dienone is 2. The average molecular weight is 1150 g/mol. The number of Topliss-reactive ketones (excluding diaryl/α,β-unsaturated/α-hetero) is 1. The molecule has 1 aliphatic carbocycles. The van der Waals surface area contributed by atoms with E-state index >= 15 is 4.79 Å². The number of amides is 1. The number of carbonyl (C=O) groups is 3. The molecule has 4 aliphatic heterocycles. The number of methoxy groups -OCH3 is 3. The molecule has 1 N–H and O–H groups in total. The first kappa shape index (κ1) is 67.2. The standard InChI is InChI=1S/C61H111NO13Si3/c1-23-47-31-41(10)30-42(11)32-53(68-19)56-54(69-20)34-44(13)61(66,71-56)57(63)58(64)62-29-25-24-26-48(62)59(65)70-55(43(12)33-46-27-28-49(52(35-46)67-18)72-76(21,22)60(15,16)17)45(14)50-36-51(47)74-78(39(6)7,40(8)9)75-77(73-50,37(2)3)38(4)5/h31,33,37-40,42,44-56,66H,23-30,32,34-36H2,1-22H3/b41-31+,43-33+/t42-,44+,45+,46-,47+,48-,49+,50-,51-,52+,53?,54-,55+,56+,61+/m0/s1. The zero-order valence-corrected chi connectivity index (χ0v) is 55.8. The maximum atomic E-state index is 15.4. The van der Waals surface area contributed by atoms with Gasteiger partial charge < -0.3 is 51.1 Å². The van der Waals surface area contributed by atoms with Crippen LogP contribution in [0.2, 0.25) is 40.3 Å². The molecule has 4 bridgehead atoms. The maximum Gasteiger partial charge on any atom is 0.334 e. The number of ketones is 1. The van der Waals surface area contributed by atoms with Crippen molar-refractivity contribution in [3.63, 3.8) is 0 Å². The minimum absolute atomic E-state index is 0.000668. The number of piperidine rings is 1. The van der Waals surface area contributed by atoms with Gasteiger partial charge in [-0.3, -0.25) is 9.59 Å². The van der Waals surface area contributed by atoms with Crippen molar-refractivity contribution < 1.29 is 60.6 Å². The Labute approximate surface area is 476 Å². The smallest absolute Gasteiger partial charge is 0.334 e. The average Bonchev–Trinajstić information content (AvgIpc) is 3.36. The highest BCUT2D eigenvalue weighted by atomic mass is 28.5. The number of esters is 1. The minimum atomic E-state index is -3.19. The zero-order valence-electron chi connectivity index (χ0n) is 52.8. The third kappa shape index (κ3) is 14.6. The lowest BCUT2D eigenvalue weighted by Gasteiger charge is -2.54. The first-order chi connectivity index (χ1) is 36.3. The Morgan fingerprint density at radius 2 is 1.37 bits per heavy atom. The molecular weight excluding hydrogens is 1040 g/mol. The Bertz CT molecular complexity index is 2040. The maximum absolute atomic E-state index is 15.4. The highest BCUT2D eigenvalue weighted by Gasteiger charge is 2.61. The third-order valence-corrected chi connectivity index (χ3v) is 34.3. The van der Waals surface area contributed by atoms with E-state index in [-0.39, 0.29) is 76.2 Å². The molecule has 5 rings (SSSR count). The highest BCUT2D eigenvalue weighted by Crippen LogP contribution is 2.50.